The van der Waals surface area contributed by atoms with Crippen LogP contribution in [-0.4, -0.2) is 30.3 Å². The van der Waals surface area contributed by atoms with Crippen molar-refractivity contribution in [2.75, 3.05) is 13.2 Å². The molecule has 0 aliphatic rings. The summed E-state index contributed by atoms with van der Waals surface area (Å²) in [6, 6.07) is -0.310. The molecule has 0 aliphatic carbocycles. The van der Waals surface area contributed by atoms with Gasteiger partial charge < -0.3 is 15.7 Å². The minimum Gasteiger partial charge on any atom is -0.394 e. The van der Waals surface area contributed by atoms with E-state index in [1.165, 1.54) is 0 Å². The van der Waals surface area contributed by atoms with Crippen molar-refractivity contribution in [2.45, 2.75) is 46.1 Å². The van der Waals surface area contributed by atoms with Crippen LogP contribution in [0.3, 0.4) is 0 Å². The van der Waals surface area contributed by atoms with Gasteiger partial charge in [0.2, 0.25) is 0 Å². The van der Waals surface area contributed by atoms with Gasteiger partial charge in [-0.05, 0) is 18.8 Å². The molecule has 0 aromatic heterocycles. The highest BCUT2D eigenvalue weighted by Crippen LogP contribution is 2.03. The van der Waals surface area contributed by atoms with E-state index in [0.717, 1.165) is 19.3 Å². The summed E-state index contributed by atoms with van der Waals surface area (Å²) in [6.07, 6.45) is 2.86. The second kappa shape index (κ2) is 8.53. The number of aliphatic hydroxyl groups excluding tert-OH is 1. The first-order valence-electron chi connectivity index (χ1n) is 5.75. The van der Waals surface area contributed by atoms with Gasteiger partial charge in [0.25, 0.3) is 0 Å². The fourth-order valence-corrected chi connectivity index (χ4v) is 1.36. The largest absolute Gasteiger partial charge is 0.394 e. The van der Waals surface area contributed by atoms with E-state index < -0.39 is 0 Å². The van der Waals surface area contributed by atoms with Crippen LogP contribution in [0.1, 0.15) is 40.0 Å². The fourth-order valence-electron chi connectivity index (χ4n) is 1.36. The van der Waals surface area contributed by atoms with Crippen LogP contribution in [0.15, 0.2) is 0 Å². The normalized spacial score (nSPS) is 12.6. The van der Waals surface area contributed by atoms with Gasteiger partial charge in [0, 0.05) is 6.54 Å². The van der Waals surface area contributed by atoms with Crippen molar-refractivity contribution in [3.05, 3.63) is 0 Å². The lowest BCUT2D eigenvalue weighted by molar-refractivity contribution is 0.207. The Kier molecular flexibility index (Phi) is 8.09. The van der Waals surface area contributed by atoms with E-state index in [1.54, 1.807) is 0 Å². The maximum absolute atomic E-state index is 11.3. The molecule has 1 unspecified atom stereocenters. The summed E-state index contributed by atoms with van der Waals surface area (Å²) in [5, 5.41) is 14.6. The van der Waals surface area contributed by atoms with Crippen LogP contribution in [0.5, 0.6) is 0 Å². The number of hydrogen-bond donors (Lipinski definition) is 3. The molecule has 0 fully saturated rings. The van der Waals surface area contributed by atoms with Gasteiger partial charge in [-0.3, -0.25) is 0 Å². The van der Waals surface area contributed by atoms with Gasteiger partial charge in [-0.25, -0.2) is 4.79 Å². The lowest BCUT2D eigenvalue weighted by Gasteiger charge is -2.18. The monoisotopic (exact) mass is 216 g/mol. The van der Waals surface area contributed by atoms with Gasteiger partial charge >= 0.3 is 6.03 Å². The molecule has 0 aromatic carbocycles. The third kappa shape index (κ3) is 8.24. The summed E-state index contributed by atoms with van der Waals surface area (Å²) >= 11 is 0. The van der Waals surface area contributed by atoms with Crippen molar-refractivity contribution in [1.29, 1.82) is 0 Å². The molecule has 0 saturated carbocycles. The van der Waals surface area contributed by atoms with Crippen LogP contribution >= 0.6 is 0 Å². The van der Waals surface area contributed by atoms with E-state index in [9.17, 15) is 4.79 Å². The molecule has 0 bridgehead atoms. The lowest BCUT2D eigenvalue weighted by atomic mass is 10.0. The Morgan fingerprint density at radius 1 is 1.40 bits per heavy atom. The van der Waals surface area contributed by atoms with Crippen molar-refractivity contribution in [3.63, 3.8) is 0 Å². The molecule has 1 atom stereocenters. The predicted octanol–water partition coefficient (Wildman–Crippen LogP) is 1.49. The summed E-state index contributed by atoms with van der Waals surface area (Å²) in [4.78, 5) is 11.3. The Morgan fingerprint density at radius 2 is 2.07 bits per heavy atom. The molecule has 0 saturated heterocycles. The van der Waals surface area contributed by atoms with Crippen LogP contribution in [0, 0.1) is 5.92 Å². The van der Waals surface area contributed by atoms with E-state index in [0.29, 0.717) is 12.5 Å². The smallest absolute Gasteiger partial charge is 0.315 e. The number of urea groups is 1. The summed E-state index contributed by atoms with van der Waals surface area (Å²) in [5.41, 5.74) is 0. The average Bonchev–Trinajstić information content (AvgIpc) is 2.16. The quantitative estimate of drug-likeness (QED) is 0.565. The van der Waals surface area contributed by atoms with E-state index >= 15 is 0 Å². The zero-order valence-corrected chi connectivity index (χ0v) is 10.0. The topological polar surface area (TPSA) is 61.4 Å². The van der Waals surface area contributed by atoms with Crippen molar-refractivity contribution in [3.8, 4) is 0 Å². The number of unbranched alkanes of at least 4 members (excludes halogenated alkanes) is 1. The average molecular weight is 216 g/mol. The second-order valence-electron chi connectivity index (χ2n) is 4.26. The zero-order chi connectivity index (χ0) is 11.7. The van der Waals surface area contributed by atoms with E-state index in [4.69, 9.17) is 5.11 Å². The number of rotatable bonds is 7. The van der Waals surface area contributed by atoms with Crippen LogP contribution < -0.4 is 10.6 Å². The second-order valence-corrected chi connectivity index (χ2v) is 4.26. The molecule has 0 radical (unpaired) electrons. The molecule has 0 heterocycles. The Hall–Kier alpha value is -0.770. The van der Waals surface area contributed by atoms with Gasteiger partial charge in [0.05, 0.1) is 12.6 Å². The number of carbonyl (C=O) groups is 1. The summed E-state index contributed by atoms with van der Waals surface area (Å²) in [5.74, 6) is 0.470. The van der Waals surface area contributed by atoms with Gasteiger partial charge in [0.1, 0.15) is 0 Å². The van der Waals surface area contributed by atoms with Crippen molar-refractivity contribution in [1.82, 2.24) is 10.6 Å². The van der Waals surface area contributed by atoms with Crippen LogP contribution in [0.4, 0.5) is 4.79 Å². The number of nitrogens with one attached hydrogen (secondary N) is 2. The van der Waals surface area contributed by atoms with Gasteiger partial charge in [-0.1, -0.05) is 27.2 Å². The van der Waals surface area contributed by atoms with E-state index in [1.807, 2.05) is 0 Å². The maximum atomic E-state index is 11.3. The zero-order valence-electron chi connectivity index (χ0n) is 10.0. The molecule has 2 amide bonds. The number of amides is 2. The first-order chi connectivity index (χ1) is 7.10. The molecule has 15 heavy (non-hydrogen) atoms. The minimum absolute atomic E-state index is 0.000617. The summed E-state index contributed by atoms with van der Waals surface area (Å²) in [6.45, 7) is 6.91. The van der Waals surface area contributed by atoms with Crippen LogP contribution in [0.2, 0.25) is 0 Å². The molecular formula is C11H24N2O2. The predicted molar refractivity (Wildman–Crippen MR) is 61.8 cm³/mol. The Labute approximate surface area is 92.4 Å². The molecule has 0 rings (SSSR count). The Morgan fingerprint density at radius 3 is 2.53 bits per heavy atom. The minimum atomic E-state index is -0.178. The first-order valence-corrected chi connectivity index (χ1v) is 5.75. The molecule has 0 aliphatic heterocycles. The fraction of sp³-hybridized carbons (Fsp3) is 0.909. The van der Waals surface area contributed by atoms with Crippen LogP contribution in [-0.2, 0) is 0 Å². The van der Waals surface area contributed by atoms with Crippen molar-refractivity contribution < 1.29 is 9.90 Å². The standard InChI is InChI=1S/C11H24N2O2/c1-4-5-6-12-11(15)13-10(8-14)7-9(2)3/h9-10,14H,4-8H2,1-3H3,(H2,12,13,15). The number of carbonyl (C=O) groups excluding carboxylic acids is 1. The third-order valence-corrected chi connectivity index (χ3v) is 2.13. The number of hydrogen-bond acceptors (Lipinski definition) is 2. The molecule has 3 N–H and O–H groups in total. The van der Waals surface area contributed by atoms with Crippen molar-refractivity contribution >= 4 is 6.03 Å². The molecule has 4 heteroatoms. The molecular weight excluding hydrogens is 192 g/mol. The van der Waals surface area contributed by atoms with Crippen LogP contribution in [0.25, 0.3) is 0 Å². The Bertz CT molecular complexity index is 172. The van der Waals surface area contributed by atoms with Gasteiger partial charge in [-0.2, -0.15) is 0 Å². The highest BCUT2D eigenvalue weighted by atomic mass is 16.3. The molecule has 4 nitrogen and oxygen atoms in total. The highest BCUT2D eigenvalue weighted by Gasteiger charge is 2.11. The molecule has 0 spiro atoms. The summed E-state index contributed by atoms with van der Waals surface area (Å²) in [7, 11) is 0. The lowest BCUT2D eigenvalue weighted by Crippen LogP contribution is -2.44. The third-order valence-electron chi connectivity index (χ3n) is 2.13. The Balaban J connectivity index is 3.70. The molecule has 90 valence electrons. The number of aliphatic hydroxyl groups is 1. The highest BCUT2D eigenvalue weighted by molar-refractivity contribution is 5.74. The molecule has 0 aromatic rings. The van der Waals surface area contributed by atoms with E-state index in [2.05, 4.69) is 31.4 Å². The SMILES string of the molecule is CCCCNC(=O)NC(CO)CC(C)C. The van der Waals surface area contributed by atoms with Gasteiger partial charge in [-0.15, -0.1) is 0 Å². The maximum Gasteiger partial charge on any atom is 0.315 e. The first kappa shape index (κ1) is 14.2. The van der Waals surface area contributed by atoms with Crippen molar-refractivity contribution in [2.24, 2.45) is 5.92 Å². The summed E-state index contributed by atoms with van der Waals surface area (Å²) < 4.78 is 0. The van der Waals surface area contributed by atoms with E-state index in [-0.39, 0.29) is 18.7 Å². The van der Waals surface area contributed by atoms with Gasteiger partial charge in [0.15, 0.2) is 0 Å².